The molecule has 1 heterocycles. The molecule has 1 aliphatic heterocycles. The molecule has 1 aliphatic rings. The molecule has 0 N–H and O–H groups in total. The molecule has 5 rings (SSSR count). The molecule has 0 radical (unpaired) electrons. The first-order valence-corrected chi connectivity index (χ1v) is 11.6. The Morgan fingerprint density at radius 3 is 1.91 bits per heavy atom. The zero-order chi connectivity index (χ0) is 24.1. The molecule has 172 valence electrons. The van der Waals surface area contributed by atoms with Crippen molar-refractivity contribution in [2.24, 2.45) is 4.99 Å². The van der Waals surface area contributed by atoms with Crippen molar-refractivity contribution < 1.29 is 9.53 Å². The third-order valence-electron chi connectivity index (χ3n) is 6.13. The third-order valence-corrected chi connectivity index (χ3v) is 6.13. The second-order valence-electron chi connectivity index (χ2n) is 8.36. The molecule has 0 aromatic heterocycles. The van der Waals surface area contributed by atoms with Gasteiger partial charge in [-0.1, -0.05) is 121 Å². The van der Waals surface area contributed by atoms with Gasteiger partial charge in [0.1, 0.15) is 0 Å². The molecule has 0 spiro atoms. The summed E-state index contributed by atoms with van der Waals surface area (Å²) in [5.74, 6) is -0.225. The van der Waals surface area contributed by atoms with Gasteiger partial charge in [-0.2, -0.15) is 0 Å². The van der Waals surface area contributed by atoms with Crippen LogP contribution in [-0.4, -0.2) is 23.6 Å². The summed E-state index contributed by atoms with van der Waals surface area (Å²) in [6, 6.07) is 39.5. The van der Waals surface area contributed by atoms with Crippen LogP contribution in [0.5, 0.6) is 0 Å². The summed E-state index contributed by atoms with van der Waals surface area (Å²) in [7, 11) is 1.55. The smallest absolute Gasteiger partial charge is 0.287 e. The van der Waals surface area contributed by atoms with Gasteiger partial charge in [0.2, 0.25) is 0 Å². The Bertz CT molecular complexity index is 1350. The van der Waals surface area contributed by atoms with Crippen LogP contribution in [0.15, 0.2) is 132 Å². The minimum Gasteiger partial charge on any atom is -0.346 e. The molecule has 0 aliphatic carbocycles. The molecule has 4 aromatic rings. The van der Waals surface area contributed by atoms with Crippen LogP contribution in [0.4, 0.5) is 0 Å². The van der Waals surface area contributed by atoms with Crippen LogP contribution in [0.1, 0.15) is 22.3 Å². The molecule has 1 amide bonds. The van der Waals surface area contributed by atoms with Crippen LogP contribution in [-0.2, 0) is 21.8 Å². The number of aliphatic imine (C=N–C) groups is 1. The predicted octanol–water partition coefficient (Wildman–Crippen LogP) is 6.06. The molecule has 1 unspecified atom stereocenters. The van der Waals surface area contributed by atoms with E-state index in [4.69, 9.17) is 9.73 Å². The summed E-state index contributed by atoms with van der Waals surface area (Å²) in [4.78, 5) is 21.2. The maximum absolute atomic E-state index is 14.3. The van der Waals surface area contributed by atoms with Gasteiger partial charge in [-0.3, -0.25) is 4.79 Å². The van der Waals surface area contributed by atoms with Gasteiger partial charge in [-0.05, 0) is 17.2 Å². The largest absolute Gasteiger partial charge is 0.346 e. The van der Waals surface area contributed by atoms with E-state index in [0.717, 1.165) is 22.4 Å². The predicted molar refractivity (Wildman–Crippen MR) is 140 cm³/mol. The second-order valence-corrected chi connectivity index (χ2v) is 8.36. The average Bonchev–Trinajstić information content (AvgIpc) is 2.93. The topological polar surface area (TPSA) is 41.9 Å². The summed E-state index contributed by atoms with van der Waals surface area (Å²) >= 11 is 0. The summed E-state index contributed by atoms with van der Waals surface area (Å²) < 4.78 is 5.99. The Kier molecular flexibility index (Phi) is 6.38. The van der Waals surface area contributed by atoms with Crippen LogP contribution < -0.4 is 0 Å². The maximum Gasteiger partial charge on any atom is 0.287 e. The summed E-state index contributed by atoms with van der Waals surface area (Å²) in [5.41, 5.74) is 3.56. The Labute approximate surface area is 205 Å². The first kappa shape index (κ1) is 22.5. The van der Waals surface area contributed by atoms with Gasteiger partial charge in [0.25, 0.3) is 11.6 Å². The molecular weight excluding hydrogens is 432 g/mol. The van der Waals surface area contributed by atoms with E-state index in [1.54, 1.807) is 12.0 Å². The monoisotopic (exact) mass is 458 g/mol. The van der Waals surface area contributed by atoms with Gasteiger partial charge < -0.3 is 9.64 Å². The number of benzene rings is 4. The maximum atomic E-state index is 14.3. The zero-order valence-corrected chi connectivity index (χ0v) is 19.5. The van der Waals surface area contributed by atoms with Gasteiger partial charge >= 0.3 is 0 Å². The van der Waals surface area contributed by atoms with E-state index in [1.807, 2.05) is 127 Å². The number of rotatable bonds is 6. The zero-order valence-electron chi connectivity index (χ0n) is 19.5. The average molecular weight is 459 g/mol. The van der Waals surface area contributed by atoms with E-state index in [0.29, 0.717) is 17.8 Å². The summed E-state index contributed by atoms with van der Waals surface area (Å²) in [6.45, 7) is 0.391. The molecular formula is C31H26N2O2. The van der Waals surface area contributed by atoms with Gasteiger partial charge in [0.05, 0.1) is 18.0 Å². The van der Waals surface area contributed by atoms with Gasteiger partial charge in [-0.15, -0.1) is 0 Å². The minimum absolute atomic E-state index is 0.225. The van der Waals surface area contributed by atoms with Gasteiger partial charge in [0, 0.05) is 18.2 Å². The molecule has 35 heavy (non-hydrogen) atoms. The SMILES string of the molecule is COC1(c2ccccc2)N=C(c2ccccc2)/C(=C\c2ccccc2)N(Cc2ccccc2)C1=O. The fourth-order valence-corrected chi connectivity index (χ4v) is 4.37. The van der Waals surface area contributed by atoms with Gasteiger partial charge in [-0.25, -0.2) is 4.99 Å². The highest BCUT2D eigenvalue weighted by Gasteiger charge is 2.49. The molecule has 4 aromatic carbocycles. The molecule has 4 heteroatoms. The first-order chi connectivity index (χ1) is 17.2. The van der Waals surface area contributed by atoms with E-state index in [-0.39, 0.29) is 5.91 Å². The van der Waals surface area contributed by atoms with Crippen LogP contribution >= 0.6 is 0 Å². The highest BCUT2D eigenvalue weighted by Crippen LogP contribution is 2.38. The van der Waals surface area contributed by atoms with Crippen molar-refractivity contribution in [1.82, 2.24) is 4.90 Å². The van der Waals surface area contributed by atoms with E-state index in [2.05, 4.69) is 0 Å². The van der Waals surface area contributed by atoms with E-state index in [9.17, 15) is 4.79 Å². The van der Waals surface area contributed by atoms with Crippen molar-refractivity contribution in [3.8, 4) is 0 Å². The Morgan fingerprint density at radius 1 is 0.771 bits per heavy atom. The van der Waals surface area contributed by atoms with Crippen molar-refractivity contribution >= 4 is 17.7 Å². The Balaban J connectivity index is 1.77. The third kappa shape index (κ3) is 4.44. The number of hydrogen-bond acceptors (Lipinski definition) is 3. The van der Waals surface area contributed by atoms with E-state index < -0.39 is 5.72 Å². The standard InChI is InChI=1S/C31H26N2O2/c1-35-31(27-20-12-5-13-21-27)30(34)33(23-25-16-8-3-9-17-25)28(22-24-14-6-2-7-15-24)29(32-31)26-18-10-4-11-19-26/h2-22H,23H2,1H3/b28-22+. The fourth-order valence-electron chi connectivity index (χ4n) is 4.37. The van der Waals surface area contributed by atoms with Crippen molar-refractivity contribution in [1.29, 1.82) is 0 Å². The molecule has 1 atom stereocenters. The summed E-state index contributed by atoms with van der Waals surface area (Å²) in [6.07, 6.45) is 2.03. The molecule has 0 saturated heterocycles. The number of carbonyl (C=O) groups excluding carboxylic acids is 1. The summed E-state index contributed by atoms with van der Waals surface area (Å²) in [5, 5.41) is 0. The molecule has 0 saturated carbocycles. The fraction of sp³-hybridized carbons (Fsp3) is 0.0968. The first-order valence-electron chi connectivity index (χ1n) is 11.6. The van der Waals surface area contributed by atoms with Crippen LogP contribution in [0, 0.1) is 0 Å². The lowest BCUT2D eigenvalue weighted by Gasteiger charge is -2.40. The van der Waals surface area contributed by atoms with E-state index in [1.165, 1.54) is 0 Å². The number of carbonyl (C=O) groups is 1. The van der Waals surface area contributed by atoms with Crippen molar-refractivity contribution in [3.05, 3.63) is 149 Å². The van der Waals surface area contributed by atoms with Gasteiger partial charge in [0.15, 0.2) is 0 Å². The van der Waals surface area contributed by atoms with Crippen molar-refractivity contribution in [2.45, 2.75) is 12.3 Å². The lowest BCUT2D eigenvalue weighted by atomic mass is 9.94. The molecule has 0 fully saturated rings. The van der Waals surface area contributed by atoms with Crippen molar-refractivity contribution in [2.75, 3.05) is 7.11 Å². The molecule has 0 bridgehead atoms. The lowest BCUT2D eigenvalue weighted by Crippen LogP contribution is -2.52. The van der Waals surface area contributed by atoms with Crippen LogP contribution in [0.2, 0.25) is 0 Å². The number of methoxy groups -OCH3 is 1. The van der Waals surface area contributed by atoms with E-state index >= 15 is 0 Å². The highest BCUT2D eigenvalue weighted by atomic mass is 16.5. The Hall–Kier alpha value is -4.28. The van der Waals surface area contributed by atoms with Crippen LogP contribution in [0.25, 0.3) is 6.08 Å². The number of nitrogens with zero attached hydrogens (tertiary/aromatic N) is 2. The molecule has 4 nitrogen and oxygen atoms in total. The number of ether oxygens (including phenoxy) is 1. The number of hydrogen-bond donors (Lipinski definition) is 0. The Morgan fingerprint density at radius 2 is 1.31 bits per heavy atom. The second kappa shape index (κ2) is 9.92. The minimum atomic E-state index is -1.49. The number of amides is 1. The normalized spacial score (nSPS) is 19.0. The number of allylic oxidation sites excluding steroid dienone is 1. The highest BCUT2D eigenvalue weighted by molar-refractivity contribution is 6.19. The lowest BCUT2D eigenvalue weighted by molar-refractivity contribution is -0.154. The quantitative estimate of drug-likeness (QED) is 0.353. The van der Waals surface area contributed by atoms with Crippen LogP contribution in [0.3, 0.4) is 0 Å². The van der Waals surface area contributed by atoms with Crippen molar-refractivity contribution in [3.63, 3.8) is 0 Å².